The molecule has 0 aliphatic carbocycles. The van der Waals surface area contributed by atoms with Gasteiger partial charge >= 0.3 is 11.9 Å². The summed E-state index contributed by atoms with van der Waals surface area (Å²) in [6.07, 6.45) is 1.95. The highest BCUT2D eigenvalue weighted by molar-refractivity contribution is 7.98. The van der Waals surface area contributed by atoms with Gasteiger partial charge in [0.15, 0.2) is 5.16 Å². The van der Waals surface area contributed by atoms with E-state index < -0.39 is 5.97 Å². The second-order valence-electron chi connectivity index (χ2n) is 5.22. The Kier molecular flexibility index (Phi) is 6.97. The molecule has 0 atom stereocenters. The van der Waals surface area contributed by atoms with E-state index in [1.807, 2.05) is 12.3 Å². The Morgan fingerprint density at radius 3 is 2.54 bits per heavy atom. The third kappa shape index (κ3) is 4.72. The van der Waals surface area contributed by atoms with Crippen LogP contribution in [0.3, 0.4) is 0 Å². The second kappa shape index (κ2) is 9.19. The van der Waals surface area contributed by atoms with Gasteiger partial charge in [-0.15, -0.1) is 0 Å². The zero-order valence-electron chi connectivity index (χ0n) is 14.9. The standard InChI is InChI=1S/C18H21N3O4S/c1-4-24-13(22)10-11-7-6-8-12(9-11)15-14(17(23)25-5-2)16(19)21-18(20-15)26-3/h6-9H,4-5,10H2,1-3H3,(H2,19,20,21). The highest BCUT2D eigenvalue weighted by atomic mass is 32.2. The zero-order chi connectivity index (χ0) is 19.1. The summed E-state index contributed by atoms with van der Waals surface area (Å²) in [5, 5.41) is 0.446. The lowest BCUT2D eigenvalue weighted by molar-refractivity contribution is -0.142. The van der Waals surface area contributed by atoms with Crippen LogP contribution >= 0.6 is 11.8 Å². The third-order valence-electron chi connectivity index (χ3n) is 3.43. The fourth-order valence-corrected chi connectivity index (χ4v) is 2.74. The SMILES string of the molecule is CCOC(=O)Cc1cccc(-c2nc(SC)nc(N)c2C(=O)OCC)c1. The van der Waals surface area contributed by atoms with E-state index in [1.54, 1.807) is 32.0 Å². The first-order valence-corrected chi connectivity index (χ1v) is 9.36. The van der Waals surface area contributed by atoms with Crippen molar-refractivity contribution < 1.29 is 19.1 Å². The first-order valence-electron chi connectivity index (χ1n) is 8.13. The topological polar surface area (TPSA) is 104 Å². The molecule has 0 unspecified atom stereocenters. The molecule has 0 amide bonds. The van der Waals surface area contributed by atoms with Gasteiger partial charge in [-0.25, -0.2) is 14.8 Å². The fraction of sp³-hybridized carbons (Fsp3) is 0.333. The van der Waals surface area contributed by atoms with Crippen LogP contribution in [0.25, 0.3) is 11.3 Å². The zero-order valence-corrected chi connectivity index (χ0v) is 15.8. The number of nitrogen functional groups attached to an aromatic ring is 1. The van der Waals surface area contributed by atoms with E-state index in [2.05, 4.69) is 9.97 Å². The minimum atomic E-state index is -0.580. The van der Waals surface area contributed by atoms with Gasteiger partial charge in [0.1, 0.15) is 11.4 Å². The fourth-order valence-electron chi connectivity index (χ4n) is 2.37. The summed E-state index contributed by atoms with van der Waals surface area (Å²) in [5.74, 6) is -0.834. The Hall–Kier alpha value is -2.61. The van der Waals surface area contributed by atoms with Crippen LogP contribution in [0.4, 0.5) is 5.82 Å². The molecule has 2 rings (SSSR count). The number of thioether (sulfide) groups is 1. The van der Waals surface area contributed by atoms with Gasteiger partial charge < -0.3 is 15.2 Å². The summed E-state index contributed by atoms with van der Waals surface area (Å²) in [6, 6.07) is 7.18. The van der Waals surface area contributed by atoms with Crippen molar-refractivity contribution in [3.8, 4) is 11.3 Å². The molecule has 0 spiro atoms. The number of nitrogens with zero attached hydrogens (tertiary/aromatic N) is 2. The Labute approximate surface area is 156 Å². The van der Waals surface area contributed by atoms with Gasteiger partial charge in [-0.05, 0) is 31.7 Å². The molecule has 1 aromatic carbocycles. The summed E-state index contributed by atoms with van der Waals surface area (Å²) >= 11 is 1.32. The van der Waals surface area contributed by atoms with Gasteiger partial charge in [0.25, 0.3) is 0 Å². The minimum Gasteiger partial charge on any atom is -0.466 e. The number of hydrogen-bond donors (Lipinski definition) is 1. The number of anilines is 1. The van der Waals surface area contributed by atoms with Crippen LogP contribution in [0.1, 0.15) is 29.8 Å². The quantitative estimate of drug-likeness (QED) is 0.447. The Balaban J connectivity index is 2.51. The molecule has 0 aliphatic heterocycles. The third-order valence-corrected chi connectivity index (χ3v) is 3.98. The first-order chi connectivity index (χ1) is 12.5. The molecule has 0 saturated carbocycles. The molecule has 0 saturated heterocycles. The van der Waals surface area contributed by atoms with Crippen molar-refractivity contribution in [1.29, 1.82) is 0 Å². The molecule has 0 aliphatic rings. The normalized spacial score (nSPS) is 10.4. The molecular weight excluding hydrogens is 354 g/mol. The molecule has 7 nitrogen and oxygen atoms in total. The van der Waals surface area contributed by atoms with E-state index in [9.17, 15) is 9.59 Å². The maximum absolute atomic E-state index is 12.3. The highest BCUT2D eigenvalue weighted by Crippen LogP contribution is 2.29. The van der Waals surface area contributed by atoms with Crippen molar-refractivity contribution in [3.05, 3.63) is 35.4 Å². The van der Waals surface area contributed by atoms with Crippen LogP contribution in [0.15, 0.2) is 29.4 Å². The Morgan fingerprint density at radius 2 is 1.88 bits per heavy atom. The summed E-state index contributed by atoms with van der Waals surface area (Å²) in [6.45, 7) is 4.01. The summed E-state index contributed by atoms with van der Waals surface area (Å²) in [5.41, 5.74) is 7.89. The van der Waals surface area contributed by atoms with Gasteiger partial charge in [-0.3, -0.25) is 4.79 Å². The Bertz CT molecular complexity index is 811. The number of nitrogens with two attached hydrogens (primary N) is 1. The number of benzene rings is 1. The van der Waals surface area contributed by atoms with Crippen molar-refractivity contribution in [2.45, 2.75) is 25.4 Å². The number of hydrogen-bond acceptors (Lipinski definition) is 8. The van der Waals surface area contributed by atoms with Crippen LogP contribution in [0.5, 0.6) is 0 Å². The highest BCUT2D eigenvalue weighted by Gasteiger charge is 2.22. The van der Waals surface area contributed by atoms with Crippen molar-refractivity contribution >= 4 is 29.5 Å². The van der Waals surface area contributed by atoms with Gasteiger partial charge in [-0.2, -0.15) is 0 Å². The van der Waals surface area contributed by atoms with Gasteiger partial charge in [0.05, 0.1) is 25.3 Å². The number of ether oxygens (including phenoxy) is 2. The van der Waals surface area contributed by atoms with E-state index >= 15 is 0 Å². The Morgan fingerprint density at radius 1 is 1.15 bits per heavy atom. The average Bonchev–Trinajstić information content (AvgIpc) is 2.61. The molecule has 1 aromatic heterocycles. The molecule has 2 aromatic rings. The van der Waals surface area contributed by atoms with Crippen molar-refractivity contribution in [3.63, 3.8) is 0 Å². The number of carbonyl (C=O) groups is 2. The van der Waals surface area contributed by atoms with E-state index in [1.165, 1.54) is 11.8 Å². The molecule has 0 bridgehead atoms. The predicted molar refractivity (Wildman–Crippen MR) is 100.0 cm³/mol. The minimum absolute atomic E-state index is 0.0635. The number of aromatic nitrogens is 2. The maximum Gasteiger partial charge on any atom is 0.344 e. The average molecular weight is 375 g/mol. The van der Waals surface area contributed by atoms with E-state index in [-0.39, 0.29) is 30.4 Å². The first kappa shape index (κ1) is 19.7. The molecule has 1 heterocycles. The van der Waals surface area contributed by atoms with Crippen molar-refractivity contribution in [2.75, 3.05) is 25.2 Å². The molecule has 138 valence electrons. The van der Waals surface area contributed by atoms with E-state index in [4.69, 9.17) is 15.2 Å². The molecule has 0 fully saturated rings. The molecular formula is C18H21N3O4S. The molecule has 8 heteroatoms. The summed E-state index contributed by atoms with van der Waals surface area (Å²) in [7, 11) is 0. The van der Waals surface area contributed by atoms with Crippen LogP contribution in [-0.2, 0) is 20.7 Å². The van der Waals surface area contributed by atoms with Gasteiger partial charge in [-0.1, -0.05) is 30.0 Å². The summed E-state index contributed by atoms with van der Waals surface area (Å²) in [4.78, 5) is 32.6. The number of rotatable bonds is 7. The van der Waals surface area contributed by atoms with Crippen molar-refractivity contribution in [2.24, 2.45) is 0 Å². The number of esters is 2. The second-order valence-corrected chi connectivity index (χ2v) is 6.00. The van der Waals surface area contributed by atoms with Crippen molar-refractivity contribution in [1.82, 2.24) is 9.97 Å². The van der Waals surface area contributed by atoms with Gasteiger partial charge in [0, 0.05) is 5.56 Å². The van der Waals surface area contributed by atoms with Crippen LogP contribution in [-0.4, -0.2) is 41.4 Å². The molecule has 26 heavy (non-hydrogen) atoms. The molecule has 0 radical (unpaired) electrons. The lowest BCUT2D eigenvalue weighted by Crippen LogP contribution is -2.13. The maximum atomic E-state index is 12.3. The lowest BCUT2D eigenvalue weighted by Gasteiger charge is -2.12. The predicted octanol–water partition coefficient (Wildman–Crippen LogP) is 2.73. The van der Waals surface area contributed by atoms with Crippen LogP contribution in [0.2, 0.25) is 0 Å². The van der Waals surface area contributed by atoms with E-state index in [0.717, 1.165) is 5.56 Å². The largest absolute Gasteiger partial charge is 0.466 e. The van der Waals surface area contributed by atoms with E-state index in [0.29, 0.717) is 23.0 Å². The van der Waals surface area contributed by atoms with Gasteiger partial charge in [0.2, 0.25) is 0 Å². The van der Waals surface area contributed by atoms with Crippen LogP contribution < -0.4 is 5.73 Å². The summed E-state index contributed by atoms with van der Waals surface area (Å²) < 4.78 is 10.1. The number of carbonyl (C=O) groups excluding carboxylic acids is 2. The monoisotopic (exact) mass is 375 g/mol. The molecule has 2 N–H and O–H groups in total. The lowest BCUT2D eigenvalue weighted by atomic mass is 10.0. The smallest absolute Gasteiger partial charge is 0.344 e. The van der Waals surface area contributed by atoms with Crippen LogP contribution in [0, 0.1) is 0 Å².